The number of rotatable bonds is 4. The summed E-state index contributed by atoms with van der Waals surface area (Å²) < 4.78 is 6.33. The predicted octanol–water partition coefficient (Wildman–Crippen LogP) is 4.48. The molecule has 0 spiro atoms. The summed E-state index contributed by atoms with van der Waals surface area (Å²) in [5.74, 6) is 0.782. The minimum absolute atomic E-state index is 0.0668. The molecule has 6 heteroatoms. The maximum atomic E-state index is 11.1. The van der Waals surface area contributed by atoms with Gasteiger partial charge in [0.1, 0.15) is 5.75 Å². The van der Waals surface area contributed by atoms with Crippen molar-refractivity contribution in [3.8, 4) is 11.5 Å². The van der Waals surface area contributed by atoms with Gasteiger partial charge in [-0.05, 0) is 43.2 Å². The van der Waals surface area contributed by atoms with Crippen molar-refractivity contribution in [2.75, 3.05) is 0 Å². The minimum Gasteiger partial charge on any atom is -0.450 e. The summed E-state index contributed by atoms with van der Waals surface area (Å²) >= 11 is 3.25. The second-order valence-electron chi connectivity index (χ2n) is 4.79. The van der Waals surface area contributed by atoms with E-state index in [0.29, 0.717) is 15.8 Å². The lowest BCUT2D eigenvalue weighted by atomic mass is 10.1. The van der Waals surface area contributed by atoms with E-state index in [9.17, 15) is 10.1 Å². The Kier molecular flexibility index (Phi) is 4.59. The maximum Gasteiger partial charge on any atom is 0.312 e. The quantitative estimate of drug-likeness (QED) is 0.651. The van der Waals surface area contributed by atoms with Crippen LogP contribution in [0.4, 0.5) is 5.69 Å². The second kappa shape index (κ2) is 6.24. The normalized spacial score (nSPS) is 12.0. The number of benzene rings is 2. The van der Waals surface area contributed by atoms with Gasteiger partial charge in [0.15, 0.2) is 0 Å². The first kappa shape index (κ1) is 15.5. The standard InChI is InChI=1S/C15H15BrN2O3/c1-9-7-12(16)8-14(18(19)20)15(9)21-13-5-3-11(4-6-13)10(2)17/h3-8,10H,17H2,1-2H3. The summed E-state index contributed by atoms with van der Waals surface area (Å²) in [6.45, 7) is 3.66. The first-order valence-electron chi connectivity index (χ1n) is 6.36. The van der Waals surface area contributed by atoms with Crippen LogP contribution in [0.1, 0.15) is 24.1 Å². The Morgan fingerprint density at radius 2 is 1.90 bits per heavy atom. The highest BCUT2D eigenvalue weighted by Gasteiger charge is 2.19. The Labute approximate surface area is 131 Å². The van der Waals surface area contributed by atoms with Crippen LogP contribution in [0, 0.1) is 17.0 Å². The number of nitro groups is 1. The van der Waals surface area contributed by atoms with Gasteiger partial charge in [-0.1, -0.05) is 28.1 Å². The van der Waals surface area contributed by atoms with Gasteiger partial charge in [0.05, 0.1) is 4.92 Å². The smallest absolute Gasteiger partial charge is 0.312 e. The molecule has 0 saturated heterocycles. The maximum absolute atomic E-state index is 11.1. The number of nitrogens with two attached hydrogens (primary N) is 1. The number of hydrogen-bond donors (Lipinski definition) is 1. The van der Waals surface area contributed by atoms with Crippen LogP contribution in [0.5, 0.6) is 11.5 Å². The number of aryl methyl sites for hydroxylation is 1. The third kappa shape index (κ3) is 3.59. The zero-order chi connectivity index (χ0) is 15.6. The Morgan fingerprint density at radius 1 is 1.29 bits per heavy atom. The van der Waals surface area contributed by atoms with Crippen molar-refractivity contribution in [2.45, 2.75) is 19.9 Å². The summed E-state index contributed by atoms with van der Waals surface area (Å²) in [6.07, 6.45) is 0. The third-order valence-electron chi connectivity index (χ3n) is 3.04. The molecule has 0 heterocycles. The molecule has 110 valence electrons. The zero-order valence-electron chi connectivity index (χ0n) is 11.7. The predicted molar refractivity (Wildman–Crippen MR) is 84.7 cm³/mol. The van der Waals surface area contributed by atoms with E-state index >= 15 is 0 Å². The van der Waals surface area contributed by atoms with E-state index in [2.05, 4.69) is 15.9 Å². The number of nitrogens with zero attached hydrogens (tertiary/aromatic N) is 1. The minimum atomic E-state index is -0.455. The number of hydrogen-bond acceptors (Lipinski definition) is 4. The van der Waals surface area contributed by atoms with Crippen molar-refractivity contribution in [2.24, 2.45) is 5.73 Å². The van der Waals surface area contributed by atoms with Gasteiger partial charge in [-0.2, -0.15) is 0 Å². The Balaban J connectivity index is 2.37. The second-order valence-corrected chi connectivity index (χ2v) is 5.70. The lowest BCUT2D eigenvalue weighted by Crippen LogP contribution is -2.04. The summed E-state index contributed by atoms with van der Waals surface area (Å²) in [7, 11) is 0. The molecule has 0 aromatic heterocycles. The monoisotopic (exact) mass is 350 g/mol. The molecule has 2 N–H and O–H groups in total. The summed E-state index contributed by atoms with van der Waals surface area (Å²) in [5, 5.41) is 11.1. The lowest BCUT2D eigenvalue weighted by Gasteiger charge is -2.11. The Morgan fingerprint density at radius 3 is 2.43 bits per heavy atom. The molecule has 1 unspecified atom stereocenters. The SMILES string of the molecule is Cc1cc(Br)cc([N+](=O)[O-])c1Oc1ccc(C(C)N)cc1. The molecule has 21 heavy (non-hydrogen) atoms. The fraction of sp³-hybridized carbons (Fsp3) is 0.200. The largest absolute Gasteiger partial charge is 0.450 e. The molecule has 0 aliphatic carbocycles. The van der Waals surface area contributed by atoms with Gasteiger partial charge in [-0.25, -0.2) is 0 Å². The van der Waals surface area contributed by atoms with Crippen LogP contribution in [0.2, 0.25) is 0 Å². The number of ether oxygens (including phenoxy) is 1. The van der Waals surface area contributed by atoms with Gasteiger partial charge in [0.2, 0.25) is 5.75 Å². The van der Waals surface area contributed by atoms with Crippen LogP contribution in [0.3, 0.4) is 0 Å². The van der Waals surface area contributed by atoms with Crippen LogP contribution in [-0.4, -0.2) is 4.92 Å². The Hall–Kier alpha value is -1.92. The molecular weight excluding hydrogens is 336 g/mol. The van der Waals surface area contributed by atoms with Crippen molar-refractivity contribution in [3.63, 3.8) is 0 Å². The molecular formula is C15H15BrN2O3. The Bertz CT molecular complexity index is 669. The van der Waals surface area contributed by atoms with Gasteiger partial charge in [-0.15, -0.1) is 0 Å². The average molecular weight is 351 g/mol. The highest BCUT2D eigenvalue weighted by molar-refractivity contribution is 9.10. The highest BCUT2D eigenvalue weighted by atomic mass is 79.9. The van der Waals surface area contributed by atoms with Crippen molar-refractivity contribution in [3.05, 3.63) is 62.1 Å². The first-order valence-corrected chi connectivity index (χ1v) is 7.15. The molecule has 5 nitrogen and oxygen atoms in total. The van der Waals surface area contributed by atoms with Gasteiger partial charge < -0.3 is 10.5 Å². The molecule has 2 aromatic rings. The fourth-order valence-electron chi connectivity index (χ4n) is 1.94. The molecule has 1 atom stereocenters. The topological polar surface area (TPSA) is 78.4 Å². The molecule has 0 aliphatic rings. The van der Waals surface area contributed by atoms with Gasteiger partial charge in [0.25, 0.3) is 0 Å². The van der Waals surface area contributed by atoms with Crippen LogP contribution in [0.15, 0.2) is 40.9 Å². The molecule has 0 fully saturated rings. The third-order valence-corrected chi connectivity index (χ3v) is 3.50. The van der Waals surface area contributed by atoms with Gasteiger partial charge in [-0.3, -0.25) is 10.1 Å². The van der Waals surface area contributed by atoms with Crippen LogP contribution in [-0.2, 0) is 0 Å². The van der Waals surface area contributed by atoms with Crippen molar-refractivity contribution >= 4 is 21.6 Å². The van der Waals surface area contributed by atoms with Crippen LogP contribution < -0.4 is 10.5 Å². The molecule has 0 amide bonds. The number of halogens is 1. The van der Waals surface area contributed by atoms with Crippen molar-refractivity contribution in [1.29, 1.82) is 0 Å². The highest BCUT2D eigenvalue weighted by Crippen LogP contribution is 2.37. The molecule has 0 aliphatic heterocycles. The van der Waals surface area contributed by atoms with Crippen molar-refractivity contribution < 1.29 is 9.66 Å². The molecule has 0 radical (unpaired) electrons. The zero-order valence-corrected chi connectivity index (χ0v) is 13.3. The summed E-state index contributed by atoms with van der Waals surface area (Å²) in [6, 6.07) is 10.3. The van der Waals surface area contributed by atoms with Crippen LogP contribution in [0.25, 0.3) is 0 Å². The van der Waals surface area contributed by atoms with E-state index in [1.165, 1.54) is 6.07 Å². The van der Waals surface area contributed by atoms with E-state index in [-0.39, 0.29) is 17.5 Å². The molecule has 2 rings (SSSR count). The summed E-state index contributed by atoms with van der Waals surface area (Å²) in [4.78, 5) is 10.7. The van der Waals surface area contributed by atoms with Gasteiger partial charge in [0, 0.05) is 16.6 Å². The molecule has 0 bridgehead atoms. The van der Waals surface area contributed by atoms with E-state index in [4.69, 9.17) is 10.5 Å². The first-order chi connectivity index (χ1) is 9.88. The van der Waals surface area contributed by atoms with E-state index < -0.39 is 4.92 Å². The number of nitro benzene ring substituents is 1. The lowest BCUT2D eigenvalue weighted by molar-refractivity contribution is -0.385. The fourth-order valence-corrected chi connectivity index (χ4v) is 2.50. The average Bonchev–Trinajstić information content (AvgIpc) is 2.41. The molecule has 0 saturated carbocycles. The van der Waals surface area contributed by atoms with E-state index in [1.807, 2.05) is 19.1 Å². The van der Waals surface area contributed by atoms with E-state index in [0.717, 1.165) is 5.56 Å². The van der Waals surface area contributed by atoms with Crippen LogP contribution >= 0.6 is 15.9 Å². The summed E-state index contributed by atoms with van der Waals surface area (Å²) in [5.41, 5.74) is 7.38. The van der Waals surface area contributed by atoms with E-state index in [1.54, 1.807) is 25.1 Å². The van der Waals surface area contributed by atoms with Gasteiger partial charge >= 0.3 is 5.69 Å². The van der Waals surface area contributed by atoms with Crippen molar-refractivity contribution in [1.82, 2.24) is 0 Å². The molecule has 2 aromatic carbocycles.